The number of halogens is 2. The molecular weight excluding hydrogens is 457 g/mol. The molecule has 0 saturated heterocycles. The predicted molar refractivity (Wildman–Crippen MR) is 135 cm³/mol. The van der Waals surface area contributed by atoms with Crippen LogP contribution in [0.25, 0.3) is 11.1 Å². The van der Waals surface area contributed by atoms with Gasteiger partial charge in [0.05, 0.1) is 22.7 Å². The van der Waals surface area contributed by atoms with Crippen LogP contribution in [-0.4, -0.2) is 22.9 Å². The third-order valence-electron chi connectivity index (χ3n) is 5.12. The topological polar surface area (TPSA) is 137 Å². The van der Waals surface area contributed by atoms with E-state index in [0.717, 1.165) is 0 Å². The molecule has 0 aliphatic rings. The highest BCUT2D eigenvalue weighted by atomic mass is 35.5. The molecule has 0 radical (unpaired) electrons. The van der Waals surface area contributed by atoms with Gasteiger partial charge in [0.25, 0.3) is 0 Å². The van der Waals surface area contributed by atoms with Crippen LogP contribution < -0.4 is 22.1 Å². The minimum Gasteiger partial charge on any atom is -0.505 e. The zero-order valence-corrected chi connectivity index (χ0v) is 19.6. The zero-order valence-electron chi connectivity index (χ0n) is 18.9. The van der Waals surface area contributed by atoms with Crippen molar-refractivity contribution >= 4 is 34.7 Å². The highest BCUT2D eigenvalue weighted by Crippen LogP contribution is 2.42. The maximum absolute atomic E-state index is 14.1. The van der Waals surface area contributed by atoms with E-state index >= 15 is 0 Å². The Kier molecular flexibility index (Phi) is 7.63. The van der Waals surface area contributed by atoms with Crippen LogP contribution in [0.2, 0.25) is 5.02 Å². The molecular formula is C25H27ClFN5O2. The number of aromatic hydroxyl groups is 1. The minimum absolute atomic E-state index is 0.00381. The van der Waals surface area contributed by atoms with Crippen LogP contribution in [-0.2, 0) is 17.8 Å². The Labute approximate surface area is 202 Å². The lowest BCUT2D eigenvalue weighted by Crippen LogP contribution is -2.25. The average molecular weight is 484 g/mol. The minimum atomic E-state index is -0.639. The van der Waals surface area contributed by atoms with E-state index in [1.165, 1.54) is 12.1 Å². The Balaban J connectivity index is 1.91. The molecule has 0 saturated carbocycles. The number of hydrogen-bond donors (Lipinski definition) is 6. The molecule has 0 aliphatic carbocycles. The molecule has 3 aromatic rings. The highest BCUT2D eigenvalue weighted by Gasteiger charge is 2.21. The SMILES string of the molecule is CC(C)Nc1cc(Cl)c(-c2cccc(N)c2)c(CC(=O)NCc2ccc(C(=N)N)c(F)c2)c1O. The Morgan fingerprint density at radius 2 is 1.94 bits per heavy atom. The number of phenols is 1. The van der Waals surface area contributed by atoms with Crippen molar-refractivity contribution in [3.63, 3.8) is 0 Å². The summed E-state index contributed by atoms with van der Waals surface area (Å²) in [5.74, 6) is -1.48. The molecule has 0 fully saturated rings. The van der Waals surface area contributed by atoms with Crippen molar-refractivity contribution < 1.29 is 14.3 Å². The van der Waals surface area contributed by atoms with E-state index in [0.29, 0.717) is 38.7 Å². The average Bonchev–Trinajstić information content (AvgIpc) is 2.75. The second-order valence-corrected chi connectivity index (χ2v) is 8.62. The van der Waals surface area contributed by atoms with Crippen molar-refractivity contribution in [3.8, 4) is 16.9 Å². The van der Waals surface area contributed by atoms with Crippen LogP contribution in [0.4, 0.5) is 15.8 Å². The maximum atomic E-state index is 14.1. The van der Waals surface area contributed by atoms with Crippen molar-refractivity contribution in [2.24, 2.45) is 5.73 Å². The quantitative estimate of drug-likeness (QED) is 0.122. The van der Waals surface area contributed by atoms with Gasteiger partial charge in [-0.15, -0.1) is 0 Å². The van der Waals surface area contributed by atoms with Gasteiger partial charge in [-0.1, -0.05) is 29.8 Å². The Bertz CT molecular complexity index is 1250. The van der Waals surface area contributed by atoms with Crippen LogP contribution in [0.15, 0.2) is 48.5 Å². The van der Waals surface area contributed by atoms with Crippen LogP contribution in [0, 0.1) is 11.2 Å². The fourth-order valence-corrected chi connectivity index (χ4v) is 3.93. The molecule has 0 atom stereocenters. The number of anilines is 2. The molecule has 9 heteroatoms. The van der Waals surface area contributed by atoms with Gasteiger partial charge in [0.15, 0.2) is 0 Å². The van der Waals surface area contributed by atoms with Crippen molar-refractivity contribution in [3.05, 3.63) is 76.1 Å². The van der Waals surface area contributed by atoms with Gasteiger partial charge in [-0.2, -0.15) is 0 Å². The Morgan fingerprint density at radius 3 is 2.56 bits per heavy atom. The lowest BCUT2D eigenvalue weighted by Gasteiger charge is -2.20. The van der Waals surface area contributed by atoms with Crippen molar-refractivity contribution in [1.82, 2.24) is 5.32 Å². The van der Waals surface area contributed by atoms with E-state index < -0.39 is 11.7 Å². The number of nitrogens with two attached hydrogens (primary N) is 2. The maximum Gasteiger partial charge on any atom is 0.224 e. The summed E-state index contributed by atoms with van der Waals surface area (Å²) in [6.07, 6.45) is -0.169. The number of phenolic OH excluding ortho intramolecular Hbond substituents is 1. The number of amidine groups is 1. The van der Waals surface area contributed by atoms with E-state index in [-0.39, 0.29) is 36.2 Å². The molecule has 0 heterocycles. The molecule has 0 aliphatic heterocycles. The first-order valence-electron chi connectivity index (χ1n) is 10.6. The number of carbonyl (C=O) groups is 1. The molecule has 3 rings (SSSR count). The first kappa shape index (κ1) is 24.9. The third-order valence-corrected chi connectivity index (χ3v) is 5.42. The molecule has 7 nitrogen and oxygen atoms in total. The number of hydrogen-bond acceptors (Lipinski definition) is 5. The molecule has 0 aromatic heterocycles. The fraction of sp³-hybridized carbons (Fsp3) is 0.200. The van der Waals surface area contributed by atoms with Crippen LogP contribution in [0.5, 0.6) is 5.75 Å². The predicted octanol–water partition coefficient (Wildman–Crippen LogP) is 4.40. The van der Waals surface area contributed by atoms with Crippen LogP contribution in [0.3, 0.4) is 0 Å². The van der Waals surface area contributed by atoms with E-state index in [9.17, 15) is 14.3 Å². The second kappa shape index (κ2) is 10.4. The number of nitrogen functional groups attached to an aromatic ring is 2. The second-order valence-electron chi connectivity index (χ2n) is 8.21. The summed E-state index contributed by atoms with van der Waals surface area (Å²) in [4.78, 5) is 12.8. The normalized spacial score (nSPS) is 10.9. The lowest BCUT2D eigenvalue weighted by atomic mass is 9.94. The smallest absolute Gasteiger partial charge is 0.224 e. The van der Waals surface area contributed by atoms with Crippen molar-refractivity contribution in [1.29, 1.82) is 5.41 Å². The standard InChI is InChI=1S/C25H27ClFN5O2/c1-13(2)32-21-11-19(26)23(15-4-3-5-16(28)9-15)18(24(21)34)10-22(33)31-12-14-6-7-17(25(29)30)20(27)8-14/h3-9,11,13,32,34H,10,12,28H2,1-2H3,(H3,29,30)(H,31,33). The van der Waals surface area contributed by atoms with Gasteiger partial charge in [-0.25, -0.2) is 4.39 Å². The zero-order chi connectivity index (χ0) is 25.0. The summed E-state index contributed by atoms with van der Waals surface area (Å²) >= 11 is 6.60. The summed E-state index contributed by atoms with van der Waals surface area (Å²) in [5.41, 5.74) is 14.2. The van der Waals surface area contributed by atoms with E-state index in [1.54, 1.807) is 36.4 Å². The molecule has 3 aromatic carbocycles. The fourth-order valence-electron chi connectivity index (χ4n) is 3.60. The van der Waals surface area contributed by atoms with Gasteiger partial charge >= 0.3 is 0 Å². The first-order chi connectivity index (χ1) is 16.1. The molecule has 178 valence electrons. The van der Waals surface area contributed by atoms with Gasteiger partial charge < -0.3 is 27.2 Å². The molecule has 0 unspecified atom stereocenters. The number of rotatable bonds is 8. The lowest BCUT2D eigenvalue weighted by molar-refractivity contribution is -0.120. The summed E-state index contributed by atoms with van der Waals surface area (Å²) in [7, 11) is 0. The largest absolute Gasteiger partial charge is 0.505 e. The van der Waals surface area contributed by atoms with E-state index in [2.05, 4.69) is 10.6 Å². The van der Waals surface area contributed by atoms with Gasteiger partial charge in [-0.3, -0.25) is 10.2 Å². The van der Waals surface area contributed by atoms with Gasteiger partial charge in [0.1, 0.15) is 17.4 Å². The van der Waals surface area contributed by atoms with Gasteiger partial charge in [-0.05, 0) is 55.3 Å². The molecule has 0 spiro atoms. The number of benzene rings is 3. The van der Waals surface area contributed by atoms with Crippen LogP contribution in [0.1, 0.15) is 30.5 Å². The van der Waals surface area contributed by atoms with Crippen molar-refractivity contribution in [2.75, 3.05) is 11.1 Å². The van der Waals surface area contributed by atoms with E-state index in [1.807, 2.05) is 13.8 Å². The summed E-state index contributed by atoms with van der Waals surface area (Å²) in [6, 6.07) is 12.9. The van der Waals surface area contributed by atoms with Crippen LogP contribution >= 0.6 is 11.6 Å². The number of nitrogens with one attached hydrogen (secondary N) is 3. The summed E-state index contributed by atoms with van der Waals surface area (Å²) in [5, 5.41) is 24.6. The number of amides is 1. The summed E-state index contributed by atoms with van der Waals surface area (Å²) < 4.78 is 14.1. The molecule has 8 N–H and O–H groups in total. The van der Waals surface area contributed by atoms with Crippen molar-refractivity contribution in [2.45, 2.75) is 32.9 Å². The Morgan fingerprint density at radius 1 is 1.21 bits per heavy atom. The van der Waals surface area contributed by atoms with Gasteiger partial charge in [0.2, 0.25) is 5.91 Å². The van der Waals surface area contributed by atoms with E-state index in [4.69, 9.17) is 28.5 Å². The Hall–Kier alpha value is -3.78. The molecule has 0 bridgehead atoms. The van der Waals surface area contributed by atoms with Gasteiger partial charge in [0, 0.05) is 29.4 Å². The number of carbonyl (C=O) groups excluding carboxylic acids is 1. The molecule has 1 amide bonds. The summed E-state index contributed by atoms with van der Waals surface area (Å²) in [6.45, 7) is 3.89. The first-order valence-corrected chi connectivity index (χ1v) is 11.0. The monoisotopic (exact) mass is 483 g/mol. The molecule has 34 heavy (non-hydrogen) atoms. The third kappa shape index (κ3) is 5.77. The highest BCUT2D eigenvalue weighted by molar-refractivity contribution is 6.34.